The van der Waals surface area contributed by atoms with E-state index in [2.05, 4.69) is 88.8 Å². The van der Waals surface area contributed by atoms with Crippen molar-refractivity contribution in [3.8, 4) is 0 Å². The molecule has 0 radical (unpaired) electrons. The molecule has 2 aromatic carbocycles. The fourth-order valence-electron chi connectivity index (χ4n) is 2.13. The van der Waals surface area contributed by atoms with E-state index in [4.69, 9.17) is 0 Å². The van der Waals surface area contributed by atoms with E-state index in [1.54, 1.807) is 0 Å². The minimum atomic E-state index is 0.529. The average Bonchev–Trinajstić information content (AvgIpc) is 2.53. The molecule has 0 aliphatic carbocycles. The van der Waals surface area contributed by atoms with Crippen LogP contribution in [0.3, 0.4) is 0 Å². The summed E-state index contributed by atoms with van der Waals surface area (Å²) in [6.07, 6.45) is 1.17. The van der Waals surface area contributed by atoms with Crippen molar-refractivity contribution in [1.82, 2.24) is 5.32 Å². The standard InChI is InChI=1S/C18H22BrNSe/c1-15(20-13-16-8-4-2-5-9-16)12-17(19)14-21-18-10-6-3-7-11-18/h2-11,15,17,20H,12-14H2,1H3. The molecule has 0 spiro atoms. The van der Waals surface area contributed by atoms with Crippen molar-refractivity contribution >= 4 is 35.3 Å². The summed E-state index contributed by atoms with van der Waals surface area (Å²) in [5.74, 6) is 0. The first-order valence-electron chi connectivity index (χ1n) is 7.33. The Balaban J connectivity index is 1.66. The zero-order valence-electron chi connectivity index (χ0n) is 12.3. The van der Waals surface area contributed by atoms with E-state index in [1.165, 1.54) is 21.8 Å². The Hall–Kier alpha value is -0.601. The zero-order valence-corrected chi connectivity index (χ0v) is 15.6. The van der Waals surface area contributed by atoms with Crippen LogP contribution < -0.4 is 9.78 Å². The van der Waals surface area contributed by atoms with Gasteiger partial charge in [-0.05, 0) is 0 Å². The Morgan fingerprint density at radius 1 is 1.00 bits per heavy atom. The van der Waals surface area contributed by atoms with Gasteiger partial charge < -0.3 is 0 Å². The number of rotatable bonds is 8. The van der Waals surface area contributed by atoms with Crippen LogP contribution in [0.2, 0.25) is 5.32 Å². The van der Waals surface area contributed by atoms with Gasteiger partial charge in [0.05, 0.1) is 0 Å². The molecular formula is C18H22BrNSe. The predicted molar refractivity (Wildman–Crippen MR) is 96.7 cm³/mol. The third kappa shape index (κ3) is 6.79. The summed E-state index contributed by atoms with van der Waals surface area (Å²) in [7, 11) is 0. The Morgan fingerprint density at radius 2 is 1.62 bits per heavy atom. The molecule has 0 aromatic heterocycles. The summed E-state index contributed by atoms with van der Waals surface area (Å²) in [4.78, 5) is 0.593. The van der Waals surface area contributed by atoms with Crippen LogP contribution in [-0.2, 0) is 6.54 Å². The molecule has 21 heavy (non-hydrogen) atoms. The molecule has 1 N–H and O–H groups in total. The average molecular weight is 411 g/mol. The molecule has 0 bridgehead atoms. The molecule has 0 heterocycles. The van der Waals surface area contributed by atoms with E-state index in [1.807, 2.05) is 0 Å². The van der Waals surface area contributed by atoms with Gasteiger partial charge in [0.25, 0.3) is 0 Å². The molecule has 3 heteroatoms. The topological polar surface area (TPSA) is 12.0 Å². The molecule has 112 valence electrons. The van der Waals surface area contributed by atoms with Gasteiger partial charge in [-0.15, -0.1) is 0 Å². The Labute approximate surface area is 142 Å². The third-order valence-electron chi connectivity index (χ3n) is 3.28. The molecule has 1 nitrogen and oxygen atoms in total. The first kappa shape index (κ1) is 16.8. The van der Waals surface area contributed by atoms with E-state index in [9.17, 15) is 0 Å². The van der Waals surface area contributed by atoms with Crippen LogP contribution >= 0.6 is 15.9 Å². The monoisotopic (exact) mass is 411 g/mol. The normalized spacial score (nSPS) is 13.8. The zero-order chi connectivity index (χ0) is 14.9. The molecule has 0 amide bonds. The van der Waals surface area contributed by atoms with E-state index in [0.29, 0.717) is 25.8 Å². The summed E-state index contributed by atoms with van der Waals surface area (Å²) < 4.78 is 1.49. The third-order valence-corrected chi connectivity index (χ3v) is 7.41. The molecule has 0 saturated carbocycles. The molecule has 2 atom stereocenters. The van der Waals surface area contributed by atoms with Gasteiger partial charge in [0.2, 0.25) is 0 Å². The van der Waals surface area contributed by atoms with Crippen LogP contribution in [0.25, 0.3) is 0 Å². The van der Waals surface area contributed by atoms with Gasteiger partial charge in [-0.1, -0.05) is 0 Å². The number of hydrogen-bond acceptors (Lipinski definition) is 1. The van der Waals surface area contributed by atoms with Gasteiger partial charge in [-0.2, -0.15) is 0 Å². The quantitative estimate of drug-likeness (QED) is 0.515. The second-order valence-corrected chi connectivity index (χ2v) is 8.81. The number of halogens is 1. The Kier molecular flexibility index (Phi) is 7.52. The second kappa shape index (κ2) is 9.42. The van der Waals surface area contributed by atoms with E-state index in [-0.39, 0.29) is 0 Å². The number of alkyl halides is 1. The first-order chi connectivity index (χ1) is 10.2. The van der Waals surface area contributed by atoms with Crippen LogP contribution in [0.4, 0.5) is 0 Å². The molecule has 2 aromatic rings. The van der Waals surface area contributed by atoms with E-state index < -0.39 is 0 Å². The van der Waals surface area contributed by atoms with Gasteiger partial charge in [0, 0.05) is 0 Å². The van der Waals surface area contributed by atoms with Crippen molar-refractivity contribution in [3.63, 3.8) is 0 Å². The van der Waals surface area contributed by atoms with Crippen molar-refractivity contribution in [2.24, 2.45) is 0 Å². The fourth-order valence-corrected chi connectivity index (χ4v) is 5.18. The van der Waals surface area contributed by atoms with Gasteiger partial charge in [-0.25, -0.2) is 0 Å². The summed E-state index contributed by atoms with van der Waals surface area (Å²) in [5, 5.41) is 4.85. The molecular weight excluding hydrogens is 389 g/mol. The van der Waals surface area contributed by atoms with Gasteiger partial charge in [0.1, 0.15) is 0 Å². The van der Waals surface area contributed by atoms with Gasteiger partial charge >= 0.3 is 143 Å². The SMILES string of the molecule is CC(CC(Br)C[Se]c1ccccc1)NCc1ccccc1. The molecule has 2 rings (SSSR count). The molecule has 0 aliphatic heterocycles. The predicted octanol–water partition coefficient (Wildman–Crippen LogP) is 3.77. The second-order valence-electron chi connectivity index (χ2n) is 5.22. The van der Waals surface area contributed by atoms with Crippen LogP contribution in [0.15, 0.2) is 60.7 Å². The summed E-state index contributed by atoms with van der Waals surface area (Å²) in [6, 6.07) is 21.9. The molecule has 0 saturated heterocycles. The molecule has 0 fully saturated rings. The van der Waals surface area contributed by atoms with E-state index >= 15 is 0 Å². The van der Waals surface area contributed by atoms with Crippen molar-refractivity contribution in [3.05, 3.63) is 66.2 Å². The van der Waals surface area contributed by atoms with Gasteiger partial charge in [-0.3, -0.25) is 0 Å². The van der Waals surface area contributed by atoms with Crippen LogP contribution in [-0.4, -0.2) is 25.8 Å². The van der Waals surface area contributed by atoms with Crippen LogP contribution in [0.5, 0.6) is 0 Å². The van der Waals surface area contributed by atoms with E-state index in [0.717, 1.165) is 6.54 Å². The minimum absolute atomic E-state index is 0.529. The van der Waals surface area contributed by atoms with Gasteiger partial charge in [0.15, 0.2) is 0 Å². The first-order valence-corrected chi connectivity index (χ1v) is 10.3. The van der Waals surface area contributed by atoms with Crippen molar-refractivity contribution in [2.45, 2.75) is 36.1 Å². The fraction of sp³-hybridized carbons (Fsp3) is 0.333. The van der Waals surface area contributed by atoms with Crippen molar-refractivity contribution < 1.29 is 0 Å². The van der Waals surface area contributed by atoms with Crippen LogP contribution in [0, 0.1) is 0 Å². The molecule has 2 unspecified atom stereocenters. The maximum atomic E-state index is 3.84. The molecule has 0 aliphatic rings. The maximum absolute atomic E-state index is 3.84. The van der Waals surface area contributed by atoms with Crippen molar-refractivity contribution in [2.75, 3.05) is 0 Å². The summed E-state index contributed by atoms with van der Waals surface area (Å²) in [5.41, 5.74) is 1.35. The number of benzene rings is 2. The summed E-state index contributed by atoms with van der Waals surface area (Å²) in [6.45, 7) is 3.22. The Bertz CT molecular complexity index is 456. The summed E-state index contributed by atoms with van der Waals surface area (Å²) >= 11 is 4.40. The van der Waals surface area contributed by atoms with Crippen molar-refractivity contribution in [1.29, 1.82) is 0 Å². The van der Waals surface area contributed by atoms with Crippen LogP contribution in [0.1, 0.15) is 18.9 Å². The number of nitrogens with one attached hydrogen (secondary N) is 1. The Morgan fingerprint density at radius 3 is 2.29 bits per heavy atom. The number of hydrogen-bond donors (Lipinski definition) is 1.